The first kappa shape index (κ1) is 13.5. The molecule has 4 rings (SSSR count). The summed E-state index contributed by atoms with van der Waals surface area (Å²) in [4.78, 5) is 0. The highest BCUT2D eigenvalue weighted by Gasteiger charge is 2.31. The molecule has 0 aliphatic heterocycles. The van der Waals surface area contributed by atoms with Crippen LogP contribution in [0, 0.1) is 0 Å². The number of hydrogen-bond acceptors (Lipinski definition) is 1. The van der Waals surface area contributed by atoms with Crippen molar-refractivity contribution in [2.45, 2.75) is 18.3 Å². The van der Waals surface area contributed by atoms with Gasteiger partial charge in [-0.2, -0.15) is 0 Å². The van der Waals surface area contributed by atoms with Crippen LogP contribution in [0.1, 0.15) is 34.9 Å². The summed E-state index contributed by atoms with van der Waals surface area (Å²) in [5.41, 5.74) is 4.51. The molecule has 0 heterocycles. The van der Waals surface area contributed by atoms with Crippen LogP contribution in [0.3, 0.4) is 0 Å². The van der Waals surface area contributed by atoms with E-state index >= 15 is 0 Å². The third-order valence-corrected chi connectivity index (χ3v) is 4.98. The van der Waals surface area contributed by atoms with Gasteiger partial charge in [-0.15, -0.1) is 0 Å². The van der Waals surface area contributed by atoms with Crippen LogP contribution in [0.2, 0.25) is 0 Å². The van der Waals surface area contributed by atoms with Crippen molar-refractivity contribution in [3.05, 3.63) is 83.4 Å². The summed E-state index contributed by atoms with van der Waals surface area (Å²) in [7, 11) is 2.05. The summed E-state index contributed by atoms with van der Waals surface area (Å²) in [6, 6.07) is 24.5. The Bertz CT molecular complexity index is 800. The smallest absolute Gasteiger partial charge is 0.0105 e. The summed E-state index contributed by atoms with van der Waals surface area (Å²) in [5, 5.41) is 6.10. The minimum atomic E-state index is 0.514. The zero-order valence-corrected chi connectivity index (χ0v) is 12.9. The second kappa shape index (κ2) is 5.58. The Hall–Kier alpha value is -2.12. The van der Waals surface area contributed by atoms with Crippen LogP contribution in [0.5, 0.6) is 0 Å². The SMILES string of the molecule is CNC[C@@H]1C[C@@H](c2cccc3ccccc23)c2ccccc21. The molecule has 1 aliphatic rings. The van der Waals surface area contributed by atoms with Gasteiger partial charge in [0.15, 0.2) is 0 Å². The minimum Gasteiger partial charge on any atom is -0.319 e. The van der Waals surface area contributed by atoms with E-state index in [1.807, 2.05) is 7.05 Å². The van der Waals surface area contributed by atoms with Crippen LogP contribution < -0.4 is 5.32 Å². The predicted molar refractivity (Wildman–Crippen MR) is 93.5 cm³/mol. The van der Waals surface area contributed by atoms with Crippen LogP contribution in [-0.4, -0.2) is 13.6 Å². The lowest BCUT2D eigenvalue weighted by molar-refractivity contribution is 0.598. The summed E-state index contributed by atoms with van der Waals surface area (Å²) in [6.07, 6.45) is 1.20. The topological polar surface area (TPSA) is 12.0 Å². The number of likely N-dealkylation sites (N-methyl/N-ethyl adjacent to an activating group) is 1. The maximum absolute atomic E-state index is 3.36. The lowest BCUT2D eigenvalue weighted by Gasteiger charge is -2.15. The van der Waals surface area contributed by atoms with Crippen LogP contribution >= 0.6 is 0 Å². The third kappa shape index (κ3) is 2.13. The van der Waals surface area contributed by atoms with Crippen LogP contribution in [0.15, 0.2) is 66.7 Å². The highest BCUT2D eigenvalue weighted by Crippen LogP contribution is 2.46. The van der Waals surface area contributed by atoms with E-state index in [1.54, 1.807) is 0 Å². The summed E-state index contributed by atoms with van der Waals surface area (Å²) in [5.74, 6) is 1.13. The molecule has 0 saturated heterocycles. The largest absolute Gasteiger partial charge is 0.319 e. The molecule has 1 aliphatic carbocycles. The van der Waals surface area contributed by atoms with E-state index in [0.717, 1.165) is 6.54 Å². The molecule has 3 aromatic carbocycles. The molecule has 0 fully saturated rings. The van der Waals surface area contributed by atoms with Crippen molar-refractivity contribution in [1.29, 1.82) is 0 Å². The first-order valence-corrected chi connectivity index (χ1v) is 8.09. The number of rotatable bonds is 3. The fraction of sp³-hybridized carbons (Fsp3) is 0.238. The van der Waals surface area contributed by atoms with Crippen molar-refractivity contribution < 1.29 is 0 Å². The quantitative estimate of drug-likeness (QED) is 0.737. The molecular weight excluding hydrogens is 266 g/mol. The maximum Gasteiger partial charge on any atom is 0.0105 e. The van der Waals surface area contributed by atoms with Crippen LogP contribution in [-0.2, 0) is 0 Å². The first-order valence-electron chi connectivity index (χ1n) is 8.09. The zero-order chi connectivity index (χ0) is 14.9. The second-order valence-corrected chi connectivity index (χ2v) is 6.24. The molecule has 0 unspecified atom stereocenters. The molecule has 3 aromatic rings. The normalized spacial score (nSPS) is 20.2. The molecule has 22 heavy (non-hydrogen) atoms. The van der Waals surface area contributed by atoms with Crippen LogP contribution in [0.25, 0.3) is 10.8 Å². The van der Waals surface area contributed by atoms with Gasteiger partial charge in [0, 0.05) is 12.5 Å². The van der Waals surface area contributed by atoms with Gasteiger partial charge in [0.05, 0.1) is 0 Å². The molecule has 110 valence electrons. The lowest BCUT2D eigenvalue weighted by Crippen LogP contribution is -2.15. The van der Waals surface area contributed by atoms with Gasteiger partial charge in [0.1, 0.15) is 0 Å². The molecule has 0 saturated carbocycles. The molecule has 2 atom stereocenters. The minimum absolute atomic E-state index is 0.514. The Morgan fingerprint density at radius 3 is 2.36 bits per heavy atom. The molecule has 1 heteroatoms. The predicted octanol–water partition coefficient (Wildman–Crippen LogP) is 4.68. The zero-order valence-electron chi connectivity index (χ0n) is 12.9. The number of hydrogen-bond donors (Lipinski definition) is 1. The highest BCUT2D eigenvalue weighted by atomic mass is 14.8. The molecule has 0 aromatic heterocycles. The molecule has 0 bridgehead atoms. The Balaban J connectivity index is 1.86. The van der Waals surface area contributed by atoms with Gasteiger partial charge < -0.3 is 5.32 Å². The average Bonchev–Trinajstić information content (AvgIpc) is 2.94. The van der Waals surface area contributed by atoms with E-state index in [0.29, 0.717) is 11.8 Å². The van der Waals surface area contributed by atoms with Crippen molar-refractivity contribution in [2.24, 2.45) is 0 Å². The van der Waals surface area contributed by atoms with Crippen molar-refractivity contribution in [3.8, 4) is 0 Å². The summed E-state index contributed by atoms with van der Waals surface area (Å²) in [6.45, 7) is 1.05. The van der Waals surface area contributed by atoms with Gasteiger partial charge in [-0.1, -0.05) is 66.7 Å². The molecule has 0 amide bonds. The maximum atomic E-state index is 3.36. The fourth-order valence-electron chi connectivity index (χ4n) is 4.03. The second-order valence-electron chi connectivity index (χ2n) is 6.24. The van der Waals surface area contributed by atoms with Crippen molar-refractivity contribution in [3.63, 3.8) is 0 Å². The van der Waals surface area contributed by atoms with E-state index in [1.165, 1.54) is 33.9 Å². The van der Waals surface area contributed by atoms with E-state index in [9.17, 15) is 0 Å². The monoisotopic (exact) mass is 287 g/mol. The van der Waals surface area contributed by atoms with Gasteiger partial charge in [-0.3, -0.25) is 0 Å². The summed E-state index contributed by atoms with van der Waals surface area (Å²) >= 11 is 0. The van der Waals surface area contributed by atoms with E-state index in [-0.39, 0.29) is 0 Å². The number of fused-ring (bicyclic) bond motifs is 2. The molecule has 0 spiro atoms. The van der Waals surface area contributed by atoms with Crippen molar-refractivity contribution in [2.75, 3.05) is 13.6 Å². The highest BCUT2D eigenvalue weighted by molar-refractivity contribution is 5.86. The Kier molecular flexibility index (Phi) is 3.44. The lowest BCUT2D eigenvalue weighted by atomic mass is 9.89. The molecule has 1 nitrogen and oxygen atoms in total. The fourth-order valence-corrected chi connectivity index (χ4v) is 4.03. The standard InChI is InChI=1S/C21H21N/c1-22-14-16-13-21(19-11-5-4-10-18(16)19)20-12-6-8-15-7-2-3-9-17(15)20/h2-12,16,21-22H,13-14H2,1H3/t16-,21+/m0/s1. The van der Waals surface area contributed by atoms with Crippen molar-refractivity contribution in [1.82, 2.24) is 5.32 Å². The van der Waals surface area contributed by atoms with Gasteiger partial charge in [0.25, 0.3) is 0 Å². The molecule has 0 radical (unpaired) electrons. The Morgan fingerprint density at radius 1 is 0.818 bits per heavy atom. The Labute approximate surface area is 132 Å². The average molecular weight is 287 g/mol. The van der Waals surface area contributed by atoms with Gasteiger partial charge >= 0.3 is 0 Å². The van der Waals surface area contributed by atoms with Gasteiger partial charge in [0.2, 0.25) is 0 Å². The third-order valence-electron chi connectivity index (χ3n) is 4.98. The van der Waals surface area contributed by atoms with E-state index < -0.39 is 0 Å². The Morgan fingerprint density at radius 2 is 1.50 bits per heavy atom. The molecular formula is C21H21N. The van der Waals surface area contributed by atoms with Gasteiger partial charge in [-0.25, -0.2) is 0 Å². The number of benzene rings is 3. The number of nitrogens with one attached hydrogen (secondary N) is 1. The van der Waals surface area contributed by atoms with Gasteiger partial charge in [-0.05, 0) is 46.8 Å². The first-order chi connectivity index (χ1) is 10.9. The summed E-state index contributed by atoms with van der Waals surface area (Å²) < 4.78 is 0. The van der Waals surface area contributed by atoms with E-state index in [4.69, 9.17) is 0 Å². The van der Waals surface area contributed by atoms with E-state index in [2.05, 4.69) is 72.0 Å². The van der Waals surface area contributed by atoms with Crippen molar-refractivity contribution >= 4 is 10.8 Å². The van der Waals surface area contributed by atoms with Crippen LogP contribution in [0.4, 0.5) is 0 Å². The molecule has 1 N–H and O–H groups in total.